The maximum atomic E-state index is 13.5. The van der Waals surface area contributed by atoms with Gasteiger partial charge in [0.1, 0.15) is 41.9 Å². The number of rotatable bonds is 1. The van der Waals surface area contributed by atoms with Crippen LogP contribution in [-0.4, -0.2) is 90.7 Å². The highest BCUT2D eigenvalue weighted by molar-refractivity contribution is 5.82. The van der Waals surface area contributed by atoms with E-state index in [1.165, 1.54) is 13.0 Å². The molecule has 0 aromatic rings. The topological polar surface area (TPSA) is 143 Å². The minimum Gasteiger partial charge on any atom is -0.495 e. The van der Waals surface area contributed by atoms with Crippen molar-refractivity contribution < 1.29 is 52.6 Å². The molecule has 3 spiro atoms. The number of epoxide rings is 2. The largest absolute Gasteiger partial charge is 0.495 e. The number of aliphatic hydroxyl groups is 1. The molecule has 7 aliphatic rings. The van der Waals surface area contributed by atoms with E-state index in [-0.39, 0.29) is 25.7 Å². The number of hydrogen-bond acceptors (Lipinski definition) is 11. The normalized spacial score (nSPS) is 51.0. The fraction of sp³-hybridized carbons (Fsp3) is 0.690. The molecule has 1 saturated carbocycles. The molecule has 2 aliphatic carbocycles. The molecule has 5 fully saturated rings. The van der Waals surface area contributed by atoms with Crippen LogP contribution in [0.4, 0.5) is 0 Å². The smallest absolute Gasteiger partial charge is 0.338 e. The first-order valence-corrected chi connectivity index (χ1v) is 13.9. The van der Waals surface area contributed by atoms with Gasteiger partial charge in [-0.2, -0.15) is 0 Å². The summed E-state index contributed by atoms with van der Waals surface area (Å²) in [5.41, 5.74) is -2.81. The van der Waals surface area contributed by atoms with Crippen molar-refractivity contribution in [1.82, 2.24) is 0 Å². The molecule has 0 radical (unpaired) electrons. The van der Waals surface area contributed by atoms with Gasteiger partial charge in [-0.25, -0.2) is 9.59 Å². The Labute approximate surface area is 231 Å². The second kappa shape index (κ2) is 8.64. The molecule has 0 aromatic heterocycles. The standard InChI is InChI=1S/C29H34O11/c1-15-10-20-27(12-18(15)37-16(2)30)13-35-25(33)24-28(40-24)8-9-34-17(23(28)32)6-4-5-7-22(31)39-19-11-21(38-20)29(14-36-29)26(19,27)3/h5-7,10,18-21,23-24,32H,4,8-9,11-14H2,1-3H3/b7-5-,17-6-/t18-,19+,20+,21+,23?,24+,26?,27+,28+,29-/m0/s1. The summed E-state index contributed by atoms with van der Waals surface area (Å²) in [5, 5.41) is 11.0. The molecule has 4 saturated heterocycles. The Balaban J connectivity index is 1.31. The number of aliphatic hydroxyl groups excluding tert-OH is 1. The Morgan fingerprint density at radius 1 is 1.18 bits per heavy atom. The summed E-state index contributed by atoms with van der Waals surface area (Å²) in [6.07, 6.45) is 3.84. The van der Waals surface area contributed by atoms with Crippen molar-refractivity contribution in [2.24, 2.45) is 10.8 Å². The van der Waals surface area contributed by atoms with E-state index in [0.717, 1.165) is 5.57 Å². The van der Waals surface area contributed by atoms with Gasteiger partial charge in [0.15, 0.2) is 6.10 Å². The highest BCUT2D eigenvalue weighted by atomic mass is 16.7. The minimum absolute atomic E-state index is 0.110. The molecule has 216 valence electrons. The molecule has 4 bridgehead atoms. The van der Waals surface area contributed by atoms with Gasteiger partial charge in [-0.05, 0) is 25.0 Å². The molecular weight excluding hydrogens is 524 g/mol. The Bertz CT molecular complexity index is 1250. The molecule has 0 aromatic carbocycles. The number of esters is 3. The van der Waals surface area contributed by atoms with E-state index in [9.17, 15) is 19.5 Å². The van der Waals surface area contributed by atoms with Crippen LogP contribution in [0.5, 0.6) is 0 Å². The fourth-order valence-corrected chi connectivity index (χ4v) is 8.05. The lowest BCUT2D eigenvalue weighted by Gasteiger charge is -2.59. The number of carbonyl (C=O) groups excluding carboxylic acids is 3. The van der Waals surface area contributed by atoms with Crippen molar-refractivity contribution in [2.75, 3.05) is 19.8 Å². The van der Waals surface area contributed by atoms with Crippen molar-refractivity contribution in [2.45, 2.75) is 94.3 Å². The zero-order valence-electron chi connectivity index (χ0n) is 22.8. The summed E-state index contributed by atoms with van der Waals surface area (Å²) >= 11 is 0. The van der Waals surface area contributed by atoms with Crippen molar-refractivity contribution in [1.29, 1.82) is 0 Å². The minimum atomic E-state index is -1.15. The summed E-state index contributed by atoms with van der Waals surface area (Å²) < 4.78 is 42.1. The molecule has 2 unspecified atom stereocenters. The molecule has 11 nitrogen and oxygen atoms in total. The number of carbonyl (C=O) groups is 3. The molecule has 0 amide bonds. The number of allylic oxidation sites excluding steroid dienone is 2. The van der Waals surface area contributed by atoms with E-state index >= 15 is 0 Å². The van der Waals surface area contributed by atoms with Gasteiger partial charge in [0.2, 0.25) is 0 Å². The van der Waals surface area contributed by atoms with Gasteiger partial charge in [-0.3, -0.25) is 4.79 Å². The predicted molar refractivity (Wildman–Crippen MR) is 133 cm³/mol. The predicted octanol–water partition coefficient (Wildman–Crippen LogP) is 1.42. The Kier molecular flexibility index (Phi) is 5.66. The van der Waals surface area contributed by atoms with E-state index in [2.05, 4.69) is 0 Å². The summed E-state index contributed by atoms with van der Waals surface area (Å²) in [6.45, 7) is 5.83. The highest BCUT2D eigenvalue weighted by Gasteiger charge is 2.83. The third kappa shape index (κ3) is 3.41. The lowest BCUT2D eigenvalue weighted by atomic mass is 9.51. The molecule has 5 heterocycles. The van der Waals surface area contributed by atoms with Crippen LogP contribution < -0.4 is 0 Å². The van der Waals surface area contributed by atoms with Gasteiger partial charge >= 0.3 is 17.9 Å². The third-order valence-corrected chi connectivity index (χ3v) is 10.5. The van der Waals surface area contributed by atoms with Crippen LogP contribution in [0.1, 0.15) is 46.5 Å². The monoisotopic (exact) mass is 558 g/mol. The Morgan fingerprint density at radius 2 is 1.98 bits per heavy atom. The average Bonchev–Trinajstić information content (AvgIpc) is 3.81. The van der Waals surface area contributed by atoms with Gasteiger partial charge in [-0.1, -0.05) is 19.1 Å². The summed E-state index contributed by atoms with van der Waals surface area (Å²) in [6, 6.07) is 0. The Morgan fingerprint density at radius 3 is 2.73 bits per heavy atom. The van der Waals surface area contributed by atoms with Gasteiger partial charge < -0.3 is 38.3 Å². The lowest BCUT2D eigenvalue weighted by molar-refractivity contribution is -0.240. The molecule has 1 N–H and O–H groups in total. The van der Waals surface area contributed by atoms with E-state index in [1.54, 1.807) is 12.2 Å². The van der Waals surface area contributed by atoms with Crippen molar-refractivity contribution in [3.8, 4) is 0 Å². The third-order valence-electron chi connectivity index (χ3n) is 10.5. The number of cyclic esters (lactones) is 1. The van der Waals surface area contributed by atoms with E-state index < -0.39 is 70.5 Å². The molecule has 40 heavy (non-hydrogen) atoms. The molecule has 7 rings (SSSR count). The SMILES string of the molecule is CC(=O)O[C@H]1C[C@@]23COC(=O)[C@H]4O[C@@]45CCO/C(=C\C/C=C\C(=O)O[C@@H]4C[C@@H](O[C@@H]2C=C1C)[C@@]1(CO1)C43C)C5O. The molecular formula is C29H34O11. The average molecular weight is 559 g/mol. The van der Waals surface area contributed by atoms with Crippen molar-refractivity contribution in [3.05, 3.63) is 35.6 Å². The zero-order chi connectivity index (χ0) is 28.1. The first-order chi connectivity index (χ1) is 19.1. The van der Waals surface area contributed by atoms with Gasteiger partial charge in [0.25, 0.3) is 0 Å². The second-order valence-electron chi connectivity index (χ2n) is 12.3. The van der Waals surface area contributed by atoms with Gasteiger partial charge in [-0.15, -0.1) is 0 Å². The van der Waals surface area contributed by atoms with E-state index in [4.69, 9.17) is 33.2 Å². The molecule has 10 atom stereocenters. The lowest BCUT2D eigenvalue weighted by Crippen LogP contribution is -2.68. The van der Waals surface area contributed by atoms with Crippen LogP contribution in [-0.2, 0) is 47.5 Å². The fourth-order valence-electron chi connectivity index (χ4n) is 8.05. The summed E-state index contributed by atoms with van der Waals surface area (Å²) in [7, 11) is 0. The van der Waals surface area contributed by atoms with Crippen LogP contribution in [0.25, 0.3) is 0 Å². The number of ether oxygens (including phenoxy) is 7. The molecule has 11 heteroatoms. The zero-order valence-corrected chi connectivity index (χ0v) is 22.8. The van der Waals surface area contributed by atoms with Crippen LogP contribution in [0, 0.1) is 10.8 Å². The Hall–Kier alpha value is -2.73. The van der Waals surface area contributed by atoms with Crippen LogP contribution in [0.2, 0.25) is 0 Å². The van der Waals surface area contributed by atoms with Crippen LogP contribution >= 0.6 is 0 Å². The molecule has 5 aliphatic heterocycles. The first-order valence-electron chi connectivity index (χ1n) is 13.9. The first kappa shape index (κ1) is 26.2. The van der Waals surface area contributed by atoms with Gasteiger partial charge in [0.05, 0.1) is 36.3 Å². The van der Waals surface area contributed by atoms with Crippen LogP contribution in [0.3, 0.4) is 0 Å². The maximum Gasteiger partial charge on any atom is 0.338 e. The van der Waals surface area contributed by atoms with Crippen LogP contribution in [0.15, 0.2) is 35.6 Å². The van der Waals surface area contributed by atoms with E-state index in [0.29, 0.717) is 31.6 Å². The second-order valence-corrected chi connectivity index (χ2v) is 12.3. The summed E-state index contributed by atoms with van der Waals surface area (Å²) in [5.74, 6) is -1.25. The van der Waals surface area contributed by atoms with Gasteiger partial charge in [0, 0.05) is 32.3 Å². The summed E-state index contributed by atoms with van der Waals surface area (Å²) in [4.78, 5) is 38.6. The van der Waals surface area contributed by atoms with Crippen molar-refractivity contribution in [3.63, 3.8) is 0 Å². The quantitative estimate of drug-likeness (QED) is 0.216. The van der Waals surface area contributed by atoms with E-state index in [1.807, 2.05) is 19.9 Å². The number of hydrogen-bond donors (Lipinski definition) is 1. The maximum absolute atomic E-state index is 13.5. The highest BCUT2D eigenvalue weighted by Crippen LogP contribution is 2.72. The van der Waals surface area contributed by atoms with Crippen molar-refractivity contribution >= 4 is 17.9 Å². The number of fused-ring (bicyclic) bond motifs is 1.